The Labute approximate surface area is 142 Å². The van der Waals surface area contributed by atoms with Gasteiger partial charge in [0.15, 0.2) is 0 Å². The molecule has 1 saturated carbocycles. The minimum absolute atomic E-state index is 0.205. The largest absolute Gasteiger partial charge is 0.337 e. The SMILES string of the molecule is CC[C@@H](C)N1CCC[C@]2(CCC(=O)N2CC2CCCCC2)CC1. The van der Waals surface area contributed by atoms with Crippen LogP contribution in [0, 0.1) is 5.92 Å². The molecule has 1 spiro atoms. The van der Waals surface area contributed by atoms with Crippen LogP contribution >= 0.6 is 0 Å². The molecule has 0 radical (unpaired) electrons. The van der Waals surface area contributed by atoms with Gasteiger partial charge in [-0.15, -0.1) is 0 Å². The van der Waals surface area contributed by atoms with Crippen LogP contribution < -0.4 is 0 Å². The van der Waals surface area contributed by atoms with Gasteiger partial charge in [-0.3, -0.25) is 4.79 Å². The van der Waals surface area contributed by atoms with E-state index in [1.807, 2.05) is 0 Å². The third kappa shape index (κ3) is 3.75. The summed E-state index contributed by atoms with van der Waals surface area (Å²) in [4.78, 5) is 17.6. The Bertz CT molecular complexity index is 404. The van der Waals surface area contributed by atoms with Crippen LogP contribution in [0.4, 0.5) is 0 Å². The van der Waals surface area contributed by atoms with Gasteiger partial charge in [-0.25, -0.2) is 0 Å². The highest BCUT2D eigenvalue weighted by molar-refractivity contribution is 5.79. The Morgan fingerprint density at radius 3 is 2.61 bits per heavy atom. The molecule has 0 N–H and O–H groups in total. The average Bonchev–Trinajstić information content (AvgIpc) is 2.77. The van der Waals surface area contributed by atoms with Gasteiger partial charge in [-0.1, -0.05) is 26.2 Å². The van der Waals surface area contributed by atoms with Gasteiger partial charge < -0.3 is 9.80 Å². The summed E-state index contributed by atoms with van der Waals surface area (Å²) >= 11 is 0. The van der Waals surface area contributed by atoms with Crippen molar-refractivity contribution in [2.45, 2.75) is 96.1 Å². The molecule has 1 amide bonds. The maximum absolute atomic E-state index is 12.6. The summed E-state index contributed by atoms with van der Waals surface area (Å²) in [6.45, 7) is 8.12. The highest BCUT2D eigenvalue weighted by Crippen LogP contribution is 2.41. The van der Waals surface area contributed by atoms with E-state index in [4.69, 9.17) is 0 Å². The smallest absolute Gasteiger partial charge is 0.223 e. The van der Waals surface area contributed by atoms with Crippen molar-refractivity contribution in [2.75, 3.05) is 19.6 Å². The molecular formula is C20H36N2O. The maximum atomic E-state index is 12.6. The van der Waals surface area contributed by atoms with Crippen LogP contribution in [0.1, 0.15) is 84.5 Å². The van der Waals surface area contributed by atoms with E-state index < -0.39 is 0 Å². The van der Waals surface area contributed by atoms with Crippen LogP contribution in [0.25, 0.3) is 0 Å². The first-order chi connectivity index (χ1) is 11.1. The van der Waals surface area contributed by atoms with E-state index in [1.54, 1.807) is 0 Å². The lowest BCUT2D eigenvalue weighted by Gasteiger charge is -2.41. The number of likely N-dealkylation sites (tertiary alicyclic amines) is 2. The molecule has 3 heteroatoms. The molecule has 3 fully saturated rings. The third-order valence-corrected chi connectivity index (χ3v) is 7.01. The topological polar surface area (TPSA) is 23.6 Å². The second-order valence-electron chi connectivity index (χ2n) is 8.38. The van der Waals surface area contributed by atoms with Gasteiger partial charge in [0, 0.05) is 31.1 Å². The van der Waals surface area contributed by atoms with Crippen molar-refractivity contribution in [3.8, 4) is 0 Å². The van der Waals surface area contributed by atoms with Gasteiger partial charge in [0.2, 0.25) is 5.91 Å². The monoisotopic (exact) mass is 320 g/mol. The van der Waals surface area contributed by atoms with E-state index in [-0.39, 0.29) is 5.54 Å². The molecule has 23 heavy (non-hydrogen) atoms. The van der Waals surface area contributed by atoms with E-state index >= 15 is 0 Å². The zero-order valence-electron chi connectivity index (χ0n) is 15.4. The lowest BCUT2D eigenvalue weighted by molar-refractivity contribution is -0.132. The zero-order chi connectivity index (χ0) is 16.3. The zero-order valence-corrected chi connectivity index (χ0v) is 15.4. The first-order valence-electron chi connectivity index (χ1n) is 10.2. The summed E-state index contributed by atoms with van der Waals surface area (Å²) in [5.41, 5.74) is 0.205. The molecule has 0 bridgehead atoms. The van der Waals surface area contributed by atoms with Crippen LogP contribution in [-0.4, -0.2) is 46.9 Å². The molecule has 0 aromatic rings. The van der Waals surface area contributed by atoms with Crippen LogP contribution in [0.2, 0.25) is 0 Å². The van der Waals surface area contributed by atoms with E-state index in [2.05, 4.69) is 23.6 Å². The fraction of sp³-hybridized carbons (Fsp3) is 0.950. The molecule has 3 aliphatic rings. The molecular weight excluding hydrogens is 284 g/mol. The lowest BCUT2D eigenvalue weighted by Crippen LogP contribution is -2.48. The molecule has 132 valence electrons. The molecule has 2 atom stereocenters. The predicted molar refractivity (Wildman–Crippen MR) is 95.4 cm³/mol. The van der Waals surface area contributed by atoms with Crippen molar-refractivity contribution < 1.29 is 4.79 Å². The van der Waals surface area contributed by atoms with Crippen molar-refractivity contribution in [1.29, 1.82) is 0 Å². The summed E-state index contributed by atoms with van der Waals surface area (Å²) in [6.07, 6.45) is 13.7. The normalized spacial score (nSPS) is 32.4. The summed E-state index contributed by atoms with van der Waals surface area (Å²) in [5.74, 6) is 1.23. The van der Waals surface area contributed by atoms with Crippen LogP contribution in [0.15, 0.2) is 0 Å². The van der Waals surface area contributed by atoms with E-state index in [0.29, 0.717) is 11.9 Å². The number of rotatable bonds is 4. The van der Waals surface area contributed by atoms with Crippen LogP contribution in [0.3, 0.4) is 0 Å². The number of hydrogen-bond donors (Lipinski definition) is 0. The van der Waals surface area contributed by atoms with Crippen molar-refractivity contribution in [3.05, 3.63) is 0 Å². The fourth-order valence-corrected chi connectivity index (χ4v) is 5.22. The molecule has 1 aliphatic carbocycles. The Kier molecular flexibility index (Phi) is 5.66. The number of carbonyl (C=O) groups is 1. The fourth-order valence-electron chi connectivity index (χ4n) is 5.22. The third-order valence-electron chi connectivity index (χ3n) is 7.01. The summed E-state index contributed by atoms with van der Waals surface area (Å²) in [6, 6.07) is 0.689. The second-order valence-corrected chi connectivity index (χ2v) is 8.38. The predicted octanol–water partition coefficient (Wildman–Crippen LogP) is 4.21. The first-order valence-corrected chi connectivity index (χ1v) is 10.2. The lowest BCUT2D eigenvalue weighted by atomic mass is 9.84. The highest BCUT2D eigenvalue weighted by Gasteiger charge is 2.46. The second kappa shape index (κ2) is 7.55. The molecule has 2 heterocycles. The van der Waals surface area contributed by atoms with Crippen molar-refractivity contribution in [2.24, 2.45) is 5.92 Å². The highest BCUT2D eigenvalue weighted by atomic mass is 16.2. The standard InChI is InChI=1S/C20H36N2O/c1-3-17(2)21-14-7-11-20(13-15-21)12-10-19(23)22(20)16-18-8-5-4-6-9-18/h17-18H,3-16H2,1-2H3/t17-,20+/m1/s1. The Morgan fingerprint density at radius 2 is 1.87 bits per heavy atom. The van der Waals surface area contributed by atoms with E-state index in [1.165, 1.54) is 70.9 Å². The Balaban J connectivity index is 1.67. The first kappa shape index (κ1) is 17.3. The van der Waals surface area contributed by atoms with Crippen molar-refractivity contribution >= 4 is 5.91 Å². The van der Waals surface area contributed by atoms with Gasteiger partial charge >= 0.3 is 0 Å². The van der Waals surface area contributed by atoms with E-state index in [0.717, 1.165) is 25.3 Å². The van der Waals surface area contributed by atoms with Gasteiger partial charge in [0.25, 0.3) is 0 Å². The molecule has 0 aromatic carbocycles. The minimum Gasteiger partial charge on any atom is -0.337 e. The summed E-state index contributed by atoms with van der Waals surface area (Å²) in [7, 11) is 0. The maximum Gasteiger partial charge on any atom is 0.223 e. The van der Waals surface area contributed by atoms with Crippen molar-refractivity contribution in [1.82, 2.24) is 9.80 Å². The number of carbonyl (C=O) groups excluding carboxylic acids is 1. The average molecular weight is 321 g/mol. The molecule has 2 saturated heterocycles. The minimum atomic E-state index is 0.205. The Morgan fingerprint density at radius 1 is 1.09 bits per heavy atom. The van der Waals surface area contributed by atoms with Gasteiger partial charge in [0.1, 0.15) is 0 Å². The quantitative estimate of drug-likeness (QED) is 0.774. The summed E-state index contributed by atoms with van der Waals surface area (Å²) in [5, 5.41) is 0. The van der Waals surface area contributed by atoms with Gasteiger partial charge in [0.05, 0.1) is 0 Å². The molecule has 3 rings (SSSR count). The van der Waals surface area contributed by atoms with Crippen LogP contribution in [-0.2, 0) is 4.79 Å². The molecule has 0 aromatic heterocycles. The van der Waals surface area contributed by atoms with Gasteiger partial charge in [-0.05, 0) is 64.3 Å². The molecule has 2 aliphatic heterocycles. The van der Waals surface area contributed by atoms with Crippen LogP contribution in [0.5, 0.6) is 0 Å². The Hall–Kier alpha value is -0.570. The number of hydrogen-bond acceptors (Lipinski definition) is 2. The molecule has 0 unspecified atom stereocenters. The molecule has 3 nitrogen and oxygen atoms in total. The summed E-state index contributed by atoms with van der Waals surface area (Å²) < 4.78 is 0. The number of amides is 1. The van der Waals surface area contributed by atoms with Gasteiger partial charge in [-0.2, -0.15) is 0 Å². The number of nitrogens with zero attached hydrogens (tertiary/aromatic N) is 2. The van der Waals surface area contributed by atoms with Crippen molar-refractivity contribution in [3.63, 3.8) is 0 Å². The van der Waals surface area contributed by atoms with E-state index in [9.17, 15) is 4.79 Å².